The van der Waals surface area contributed by atoms with Crippen molar-refractivity contribution in [2.75, 3.05) is 5.32 Å². The van der Waals surface area contributed by atoms with E-state index in [2.05, 4.69) is 25.5 Å². The highest BCUT2D eigenvalue weighted by Crippen LogP contribution is 2.29. The van der Waals surface area contributed by atoms with Gasteiger partial charge in [-0.05, 0) is 29.6 Å². The molecule has 1 aromatic carbocycles. The van der Waals surface area contributed by atoms with Crippen LogP contribution in [0.25, 0.3) is 10.2 Å². The van der Waals surface area contributed by atoms with Gasteiger partial charge in [0, 0.05) is 5.69 Å². The zero-order valence-electron chi connectivity index (χ0n) is 12.5. The van der Waals surface area contributed by atoms with E-state index in [4.69, 9.17) is 0 Å². The number of hydrogen-bond acceptors (Lipinski definition) is 8. The molecule has 4 aromatic rings. The number of thioether (sulfide) groups is 1. The van der Waals surface area contributed by atoms with Gasteiger partial charge in [-0.1, -0.05) is 29.2 Å². The summed E-state index contributed by atoms with van der Waals surface area (Å²) in [6.07, 6.45) is 0. The second kappa shape index (κ2) is 6.90. The van der Waals surface area contributed by atoms with Crippen LogP contribution < -0.4 is 10.9 Å². The highest BCUT2D eigenvalue weighted by Gasteiger charge is 2.09. The van der Waals surface area contributed by atoms with Gasteiger partial charge in [-0.3, -0.25) is 4.79 Å². The lowest BCUT2D eigenvalue weighted by Crippen LogP contribution is -2.09. The summed E-state index contributed by atoms with van der Waals surface area (Å²) in [5.74, 6) is 0.758. The third kappa shape index (κ3) is 3.70. The highest BCUT2D eigenvalue weighted by molar-refractivity contribution is 8.00. The van der Waals surface area contributed by atoms with Gasteiger partial charge in [0.2, 0.25) is 5.13 Å². The summed E-state index contributed by atoms with van der Waals surface area (Å²) in [6, 6.07) is 7.97. The van der Waals surface area contributed by atoms with Crippen LogP contribution in [0.3, 0.4) is 0 Å². The first-order valence-electron chi connectivity index (χ1n) is 7.13. The number of fused-ring (bicyclic) bond motifs is 1. The highest BCUT2D eigenvalue weighted by atomic mass is 32.2. The van der Waals surface area contributed by atoms with Gasteiger partial charge in [0.15, 0.2) is 4.34 Å². The fourth-order valence-corrected chi connectivity index (χ4v) is 4.50. The first-order valence-corrected chi connectivity index (χ1v) is 9.81. The predicted molar refractivity (Wildman–Crippen MR) is 99.4 cm³/mol. The van der Waals surface area contributed by atoms with E-state index in [1.807, 2.05) is 11.4 Å². The summed E-state index contributed by atoms with van der Waals surface area (Å²) in [4.78, 5) is 19.2. The monoisotopic (exact) mass is 391 g/mol. The minimum absolute atomic E-state index is 0.124. The van der Waals surface area contributed by atoms with Gasteiger partial charge in [0.25, 0.3) is 5.56 Å². The van der Waals surface area contributed by atoms with Crippen LogP contribution in [0.2, 0.25) is 0 Å². The van der Waals surface area contributed by atoms with E-state index in [0.29, 0.717) is 32.6 Å². The molecule has 0 atom stereocenters. The van der Waals surface area contributed by atoms with E-state index in [1.165, 1.54) is 46.6 Å². The van der Waals surface area contributed by atoms with Gasteiger partial charge in [-0.2, -0.15) is 0 Å². The third-order valence-corrected chi connectivity index (χ3v) is 6.06. The molecule has 2 N–H and O–H groups in total. The molecule has 6 nitrogen and oxygen atoms in total. The minimum atomic E-state index is -0.317. The first-order chi connectivity index (χ1) is 12.2. The molecule has 0 aliphatic rings. The quantitative estimate of drug-likeness (QED) is 0.500. The Kier molecular flexibility index (Phi) is 4.47. The molecule has 4 rings (SSSR count). The number of aromatic amines is 1. The van der Waals surface area contributed by atoms with E-state index in [9.17, 15) is 9.18 Å². The third-order valence-electron chi connectivity index (χ3n) is 3.18. The Bertz CT molecular complexity index is 1090. The van der Waals surface area contributed by atoms with E-state index >= 15 is 0 Å². The van der Waals surface area contributed by atoms with Gasteiger partial charge < -0.3 is 10.3 Å². The molecule has 3 heterocycles. The molecule has 0 fully saturated rings. The standard InChI is InChI=1S/C15H10FN5OS3/c16-8-2-1-3-9(6-8)17-14-20-21-15(25-14)24-7-11-18-10-4-5-23-12(10)13(22)19-11/h1-6H,7H2,(H,17,20)(H,18,19,22). The van der Waals surface area contributed by atoms with Crippen LogP contribution in [0.15, 0.2) is 44.8 Å². The average Bonchev–Trinajstić information content (AvgIpc) is 3.22. The molecule has 0 radical (unpaired) electrons. The van der Waals surface area contributed by atoms with E-state index < -0.39 is 0 Å². The molecule has 3 aromatic heterocycles. The Morgan fingerprint density at radius 2 is 2.20 bits per heavy atom. The predicted octanol–water partition coefficient (Wildman–Crippen LogP) is 4.01. The number of benzene rings is 1. The number of H-pyrrole nitrogens is 1. The molecular formula is C15H10FN5OS3. The topological polar surface area (TPSA) is 83.6 Å². The van der Waals surface area contributed by atoms with E-state index in [1.54, 1.807) is 12.1 Å². The number of halogens is 1. The summed E-state index contributed by atoms with van der Waals surface area (Å²) in [6.45, 7) is 0. The van der Waals surface area contributed by atoms with E-state index in [-0.39, 0.29) is 11.4 Å². The SMILES string of the molecule is O=c1[nH]c(CSc2nnc(Nc3cccc(F)c3)s2)nc2ccsc12. The number of thiophene rings is 1. The van der Waals surface area contributed by atoms with Crippen LogP contribution in [-0.4, -0.2) is 20.2 Å². The molecule has 0 bridgehead atoms. The van der Waals surface area contributed by atoms with Gasteiger partial charge in [0.1, 0.15) is 16.3 Å². The van der Waals surface area contributed by atoms with E-state index in [0.717, 1.165) is 4.34 Å². The Morgan fingerprint density at radius 1 is 1.28 bits per heavy atom. The molecule has 0 spiro atoms. The summed E-state index contributed by atoms with van der Waals surface area (Å²) < 4.78 is 14.6. The lowest BCUT2D eigenvalue weighted by Gasteiger charge is -2.00. The number of nitrogens with one attached hydrogen (secondary N) is 2. The maximum Gasteiger partial charge on any atom is 0.268 e. The smallest absolute Gasteiger partial charge is 0.268 e. The Balaban J connectivity index is 1.44. The summed E-state index contributed by atoms with van der Waals surface area (Å²) >= 11 is 4.16. The lowest BCUT2D eigenvalue weighted by molar-refractivity contribution is 0.628. The fraction of sp³-hybridized carbons (Fsp3) is 0.0667. The maximum absolute atomic E-state index is 13.2. The molecule has 0 saturated heterocycles. The van der Waals surface area contributed by atoms with Crippen LogP contribution in [-0.2, 0) is 5.75 Å². The molecular weight excluding hydrogens is 381 g/mol. The van der Waals surface area contributed by atoms with Crippen LogP contribution in [0, 0.1) is 5.82 Å². The van der Waals surface area contributed by atoms with Crippen molar-refractivity contribution in [3.05, 3.63) is 57.7 Å². The molecule has 0 unspecified atom stereocenters. The van der Waals surface area contributed by atoms with Gasteiger partial charge >= 0.3 is 0 Å². The normalized spacial score (nSPS) is 11.1. The van der Waals surface area contributed by atoms with Crippen molar-refractivity contribution in [2.45, 2.75) is 10.1 Å². The number of rotatable bonds is 5. The molecule has 25 heavy (non-hydrogen) atoms. The first kappa shape index (κ1) is 16.2. The minimum Gasteiger partial charge on any atom is -0.330 e. The van der Waals surface area contributed by atoms with Crippen molar-refractivity contribution in [3.63, 3.8) is 0 Å². The zero-order valence-corrected chi connectivity index (χ0v) is 15.0. The molecule has 0 aliphatic heterocycles. The van der Waals surface area contributed by atoms with Crippen molar-refractivity contribution in [2.24, 2.45) is 0 Å². The van der Waals surface area contributed by atoms with Gasteiger partial charge in [-0.25, -0.2) is 9.37 Å². The number of anilines is 2. The van der Waals surface area contributed by atoms with Crippen molar-refractivity contribution >= 4 is 55.5 Å². The molecule has 0 amide bonds. The second-order valence-corrected chi connectivity index (χ2v) is 8.06. The van der Waals surface area contributed by atoms with Crippen LogP contribution >= 0.6 is 34.4 Å². The molecule has 126 valence electrons. The average molecular weight is 391 g/mol. The van der Waals surface area contributed by atoms with Crippen molar-refractivity contribution in [1.29, 1.82) is 0 Å². The largest absolute Gasteiger partial charge is 0.330 e. The summed E-state index contributed by atoms with van der Waals surface area (Å²) in [5, 5.41) is 13.5. The van der Waals surface area contributed by atoms with Crippen molar-refractivity contribution < 1.29 is 4.39 Å². The van der Waals surface area contributed by atoms with Crippen LogP contribution in [0.1, 0.15) is 5.82 Å². The number of nitrogens with zero attached hydrogens (tertiary/aromatic N) is 3. The Labute approximate surface area is 153 Å². The van der Waals surface area contributed by atoms with Crippen molar-refractivity contribution in [3.8, 4) is 0 Å². The van der Waals surface area contributed by atoms with Gasteiger partial charge in [0.05, 0.1) is 11.3 Å². The number of aromatic nitrogens is 4. The number of hydrogen-bond donors (Lipinski definition) is 2. The molecule has 10 heteroatoms. The maximum atomic E-state index is 13.2. The Morgan fingerprint density at radius 3 is 3.08 bits per heavy atom. The Hall–Kier alpha value is -2.30. The van der Waals surface area contributed by atoms with Crippen LogP contribution in [0.5, 0.6) is 0 Å². The zero-order chi connectivity index (χ0) is 17.2. The van der Waals surface area contributed by atoms with Crippen molar-refractivity contribution in [1.82, 2.24) is 20.2 Å². The summed E-state index contributed by atoms with van der Waals surface area (Å²) in [5.41, 5.74) is 1.19. The molecule has 0 aliphatic carbocycles. The fourth-order valence-electron chi connectivity index (χ4n) is 2.13. The summed E-state index contributed by atoms with van der Waals surface area (Å²) in [7, 11) is 0. The lowest BCUT2D eigenvalue weighted by atomic mass is 10.3. The molecule has 0 saturated carbocycles. The van der Waals surface area contributed by atoms with Gasteiger partial charge in [-0.15, -0.1) is 21.5 Å². The second-order valence-electron chi connectivity index (χ2n) is 4.94. The van der Waals surface area contributed by atoms with Crippen LogP contribution in [0.4, 0.5) is 15.2 Å².